The van der Waals surface area contributed by atoms with Crippen molar-refractivity contribution in [3.63, 3.8) is 0 Å². The average molecular weight is 334 g/mol. The molecule has 0 aliphatic heterocycles. The smallest absolute Gasteiger partial charge is 0.260 e. The summed E-state index contributed by atoms with van der Waals surface area (Å²) in [5.41, 5.74) is 1.11. The van der Waals surface area contributed by atoms with Crippen molar-refractivity contribution in [3.8, 4) is 5.75 Å². The van der Waals surface area contributed by atoms with Gasteiger partial charge in [-0.3, -0.25) is 4.79 Å². The molecule has 0 fully saturated rings. The standard InChI is InChI=1S/C18H20ClNO3/c1-14(23-17-9-5-8-16(19)12-17)18(21)20-10-11-22-13-15-6-3-2-4-7-15/h2-9,12,14H,10-11,13H2,1H3,(H,20,21). The molecule has 1 atom stereocenters. The van der Waals surface area contributed by atoms with E-state index >= 15 is 0 Å². The molecule has 0 aliphatic rings. The Morgan fingerprint density at radius 2 is 1.96 bits per heavy atom. The summed E-state index contributed by atoms with van der Waals surface area (Å²) >= 11 is 5.88. The Hall–Kier alpha value is -2.04. The maximum absolute atomic E-state index is 11.9. The minimum Gasteiger partial charge on any atom is -0.481 e. The molecule has 0 bridgehead atoms. The number of ether oxygens (including phenoxy) is 2. The van der Waals surface area contributed by atoms with Gasteiger partial charge in [0.1, 0.15) is 5.75 Å². The van der Waals surface area contributed by atoms with Crippen molar-refractivity contribution in [2.45, 2.75) is 19.6 Å². The van der Waals surface area contributed by atoms with Crippen molar-refractivity contribution < 1.29 is 14.3 Å². The first kappa shape index (κ1) is 17.3. The highest BCUT2D eigenvalue weighted by Crippen LogP contribution is 2.18. The van der Waals surface area contributed by atoms with Gasteiger partial charge in [0.2, 0.25) is 0 Å². The van der Waals surface area contributed by atoms with Gasteiger partial charge < -0.3 is 14.8 Å². The third-order valence-electron chi connectivity index (χ3n) is 3.14. The van der Waals surface area contributed by atoms with Crippen LogP contribution >= 0.6 is 11.6 Å². The quantitative estimate of drug-likeness (QED) is 0.753. The lowest BCUT2D eigenvalue weighted by atomic mass is 10.2. The van der Waals surface area contributed by atoms with E-state index in [4.69, 9.17) is 21.1 Å². The van der Waals surface area contributed by atoms with Crippen LogP contribution in [0.1, 0.15) is 12.5 Å². The van der Waals surface area contributed by atoms with Gasteiger partial charge in [0.05, 0.1) is 13.2 Å². The average Bonchev–Trinajstić information content (AvgIpc) is 2.55. The number of halogens is 1. The molecule has 1 unspecified atom stereocenters. The Bertz CT molecular complexity index is 619. The molecule has 4 nitrogen and oxygen atoms in total. The van der Waals surface area contributed by atoms with Crippen LogP contribution in [0.25, 0.3) is 0 Å². The minimum absolute atomic E-state index is 0.187. The van der Waals surface area contributed by atoms with Gasteiger partial charge in [-0.25, -0.2) is 0 Å². The Kier molecular flexibility index (Phi) is 6.91. The van der Waals surface area contributed by atoms with E-state index in [9.17, 15) is 4.79 Å². The number of hydrogen-bond acceptors (Lipinski definition) is 3. The van der Waals surface area contributed by atoms with Crippen LogP contribution in [-0.4, -0.2) is 25.2 Å². The van der Waals surface area contributed by atoms with Crippen LogP contribution in [0, 0.1) is 0 Å². The Morgan fingerprint density at radius 3 is 2.70 bits per heavy atom. The zero-order valence-corrected chi connectivity index (χ0v) is 13.8. The molecule has 122 valence electrons. The van der Waals surface area contributed by atoms with E-state index in [1.807, 2.05) is 30.3 Å². The number of benzene rings is 2. The van der Waals surface area contributed by atoms with Crippen molar-refractivity contribution in [2.75, 3.05) is 13.2 Å². The summed E-state index contributed by atoms with van der Waals surface area (Å²) in [4.78, 5) is 11.9. The maximum atomic E-state index is 11.9. The molecule has 23 heavy (non-hydrogen) atoms. The van der Waals surface area contributed by atoms with Crippen molar-refractivity contribution >= 4 is 17.5 Å². The molecule has 0 spiro atoms. The fraction of sp³-hybridized carbons (Fsp3) is 0.278. The lowest BCUT2D eigenvalue weighted by Crippen LogP contribution is -2.38. The first-order chi connectivity index (χ1) is 11.1. The summed E-state index contributed by atoms with van der Waals surface area (Å²) in [6.07, 6.45) is -0.595. The largest absolute Gasteiger partial charge is 0.481 e. The zero-order valence-electron chi connectivity index (χ0n) is 13.0. The molecular weight excluding hydrogens is 314 g/mol. The Balaban J connectivity index is 1.64. The van der Waals surface area contributed by atoms with Crippen LogP contribution in [0.15, 0.2) is 54.6 Å². The van der Waals surface area contributed by atoms with E-state index in [2.05, 4.69) is 5.32 Å². The third-order valence-corrected chi connectivity index (χ3v) is 3.37. The Labute approximate surface area is 141 Å². The van der Waals surface area contributed by atoms with Gasteiger partial charge in [0.15, 0.2) is 6.10 Å². The Morgan fingerprint density at radius 1 is 1.17 bits per heavy atom. The van der Waals surface area contributed by atoms with Gasteiger partial charge in [-0.15, -0.1) is 0 Å². The molecule has 0 saturated carbocycles. The lowest BCUT2D eigenvalue weighted by molar-refractivity contribution is -0.127. The van der Waals surface area contributed by atoms with Gasteiger partial charge in [-0.2, -0.15) is 0 Å². The summed E-state index contributed by atoms with van der Waals surface area (Å²) in [5, 5.41) is 3.36. The molecule has 2 rings (SSSR count). The lowest BCUT2D eigenvalue weighted by Gasteiger charge is -2.15. The molecule has 0 heterocycles. The highest BCUT2D eigenvalue weighted by molar-refractivity contribution is 6.30. The SMILES string of the molecule is CC(Oc1cccc(Cl)c1)C(=O)NCCOCc1ccccc1. The summed E-state index contributed by atoms with van der Waals surface area (Å²) in [6.45, 7) is 3.12. The van der Waals surface area contributed by atoms with Gasteiger partial charge >= 0.3 is 0 Å². The van der Waals surface area contributed by atoms with E-state index in [1.54, 1.807) is 31.2 Å². The van der Waals surface area contributed by atoms with Crippen molar-refractivity contribution in [1.29, 1.82) is 0 Å². The second kappa shape index (κ2) is 9.18. The number of rotatable bonds is 8. The molecule has 2 aromatic rings. The molecule has 0 aromatic heterocycles. The highest BCUT2D eigenvalue weighted by atomic mass is 35.5. The highest BCUT2D eigenvalue weighted by Gasteiger charge is 2.14. The topological polar surface area (TPSA) is 47.6 Å². The fourth-order valence-electron chi connectivity index (χ4n) is 1.95. The van der Waals surface area contributed by atoms with E-state index in [1.165, 1.54) is 0 Å². The summed E-state index contributed by atoms with van der Waals surface area (Å²) in [7, 11) is 0. The van der Waals surface area contributed by atoms with E-state index < -0.39 is 6.10 Å². The van der Waals surface area contributed by atoms with Gasteiger partial charge in [0.25, 0.3) is 5.91 Å². The monoisotopic (exact) mass is 333 g/mol. The normalized spacial score (nSPS) is 11.7. The third kappa shape index (κ3) is 6.30. The molecule has 1 amide bonds. The van der Waals surface area contributed by atoms with E-state index in [0.29, 0.717) is 30.5 Å². The van der Waals surface area contributed by atoms with Crippen LogP contribution in [0.3, 0.4) is 0 Å². The first-order valence-electron chi connectivity index (χ1n) is 7.47. The van der Waals surface area contributed by atoms with Crippen LogP contribution in [0.4, 0.5) is 0 Å². The summed E-state index contributed by atoms with van der Waals surface area (Å²) in [5.74, 6) is 0.383. The predicted molar refractivity (Wildman–Crippen MR) is 90.6 cm³/mol. The molecule has 2 aromatic carbocycles. The molecule has 0 aliphatic carbocycles. The summed E-state index contributed by atoms with van der Waals surface area (Å²) in [6, 6.07) is 16.9. The number of carbonyl (C=O) groups is 1. The number of carbonyl (C=O) groups excluding carboxylic acids is 1. The summed E-state index contributed by atoms with van der Waals surface area (Å²) < 4.78 is 11.1. The molecule has 5 heteroatoms. The minimum atomic E-state index is -0.595. The van der Waals surface area contributed by atoms with Crippen molar-refractivity contribution in [3.05, 3.63) is 65.2 Å². The number of nitrogens with one attached hydrogen (secondary N) is 1. The van der Waals surface area contributed by atoms with Gasteiger partial charge in [-0.1, -0.05) is 48.0 Å². The second-order valence-corrected chi connectivity index (χ2v) is 5.48. The van der Waals surface area contributed by atoms with E-state index in [0.717, 1.165) is 5.56 Å². The maximum Gasteiger partial charge on any atom is 0.260 e. The van der Waals surface area contributed by atoms with E-state index in [-0.39, 0.29) is 5.91 Å². The predicted octanol–water partition coefficient (Wildman–Crippen LogP) is 3.44. The molecule has 0 saturated heterocycles. The molecular formula is C18H20ClNO3. The molecule has 0 radical (unpaired) electrons. The van der Waals surface area contributed by atoms with Crippen LogP contribution < -0.4 is 10.1 Å². The zero-order chi connectivity index (χ0) is 16.5. The first-order valence-corrected chi connectivity index (χ1v) is 7.84. The van der Waals surface area contributed by atoms with Crippen molar-refractivity contribution in [1.82, 2.24) is 5.32 Å². The number of amides is 1. The number of hydrogen-bond donors (Lipinski definition) is 1. The second-order valence-electron chi connectivity index (χ2n) is 5.05. The van der Waals surface area contributed by atoms with Crippen LogP contribution in [0.5, 0.6) is 5.75 Å². The van der Waals surface area contributed by atoms with Crippen molar-refractivity contribution in [2.24, 2.45) is 0 Å². The van der Waals surface area contributed by atoms with Crippen LogP contribution in [0.2, 0.25) is 5.02 Å². The molecule has 1 N–H and O–H groups in total. The fourth-order valence-corrected chi connectivity index (χ4v) is 2.13. The van der Waals surface area contributed by atoms with Gasteiger partial charge in [-0.05, 0) is 30.7 Å². The van der Waals surface area contributed by atoms with Gasteiger partial charge in [0, 0.05) is 11.6 Å². The van der Waals surface area contributed by atoms with Crippen LogP contribution in [-0.2, 0) is 16.1 Å².